The molecule has 0 aliphatic heterocycles. The second-order valence-corrected chi connectivity index (χ2v) is 13.1. The SMILES string of the molecule is CC[C@H](C)NC(=O)[C@H](CC)N(Cc1c(Cl)cccc1Cl)C(=O)CN(c1cc(C)ccc1OC)S(=O)(=O)c1ccc(C)cc1. The third kappa shape index (κ3) is 8.22. The number of rotatable bonds is 13. The molecule has 1 N–H and O–H groups in total. The van der Waals surface area contributed by atoms with Crippen LogP contribution in [0, 0.1) is 13.8 Å². The summed E-state index contributed by atoms with van der Waals surface area (Å²) < 4.78 is 34.9. The summed E-state index contributed by atoms with van der Waals surface area (Å²) >= 11 is 13.0. The van der Waals surface area contributed by atoms with E-state index in [0.717, 1.165) is 15.4 Å². The highest BCUT2D eigenvalue weighted by Crippen LogP contribution is 2.34. The van der Waals surface area contributed by atoms with Crippen LogP contribution in [0.15, 0.2) is 65.6 Å². The van der Waals surface area contributed by atoms with Crippen LogP contribution in [-0.2, 0) is 26.2 Å². The first kappa shape index (κ1) is 34.2. The van der Waals surface area contributed by atoms with Crippen LogP contribution in [0.1, 0.15) is 50.3 Å². The van der Waals surface area contributed by atoms with Crippen molar-refractivity contribution >= 4 is 50.7 Å². The van der Waals surface area contributed by atoms with Crippen molar-refractivity contribution in [3.63, 3.8) is 0 Å². The highest BCUT2D eigenvalue weighted by atomic mass is 35.5. The molecule has 0 radical (unpaired) electrons. The number of hydrogen-bond acceptors (Lipinski definition) is 5. The molecule has 0 spiro atoms. The van der Waals surface area contributed by atoms with E-state index in [-0.39, 0.29) is 41.2 Å². The van der Waals surface area contributed by atoms with Crippen LogP contribution < -0.4 is 14.4 Å². The van der Waals surface area contributed by atoms with E-state index >= 15 is 0 Å². The van der Waals surface area contributed by atoms with Crippen molar-refractivity contribution in [2.45, 2.75) is 71.0 Å². The molecule has 2 amide bonds. The van der Waals surface area contributed by atoms with Gasteiger partial charge in [-0.3, -0.25) is 13.9 Å². The zero-order valence-corrected chi connectivity index (χ0v) is 27.7. The Morgan fingerprint density at radius 1 is 0.930 bits per heavy atom. The van der Waals surface area contributed by atoms with Gasteiger partial charge in [-0.25, -0.2) is 8.42 Å². The number of benzene rings is 3. The van der Waals surface area contributed by atoms with Crippen LogP contribution in [0.3, 0.4) is 0 Å². The Kier molecular flexibility index (Phi) is 11.9. The Balaban J connectivity index is 2.17. The fourth-order valence-electron chi connectivity index (χ4n) is 4.56. The molecule has 43 heavy (non-hydrogen) atoms. The number of nitrogens with one attached hydrogen (secondary N) is 1. The Hall–Kier alpha value is -3.27. The van der Waals surface area contributed by atoms with Gasteiger partial charge in [-0.1, -0.05) is 66.9 Å². The molecule has 3 aromatic carbocycles. The summed E-state index contributed by atoms with van der Waals surface area (Å²) in [5.41, 5.74) is 2.31. The Labute approximate surface area is 265 Å². The third-order valence-corrected chi connectivity index (χ3v) is 9.75. The Bertz CT molecular complexity index is 1530. The topological polar surface area (TPSA) is 96.0 Å². The zero-order chi connectivity index (χ0) is 31.9. The minimum Gasteiger partial charge on any atom is -0.495 e. The largest absolute Gasteiger partial charge is 0.495 e. The van der Waals surface area contributed by atoms with Gasteiger partial charge in [-0.2, -0.15) is 0 Å². The van der Waals surface area contributed by atoms with Gasteiger partial charge in [0.1, 0.15) is 18.3 Å². The summed E-state index contributed by atoms with van der Waals surface area (Å²) in [7, 11) is -2.83. The predicted octanol–water partition coefficient (Wildman–Crippen LogP) is 6.54. The molecule has 3 rings (SSSR count). The maximum absolute atomic E-state index is 14.3. The lowest BCUT2D eigenvalue weighted by Gasteiger charge is -2.34. The zero-order valence-electron chi connectivity index (χ0n) is 25.4. The number of anilines is 1. The molecule has 0 fully saturated rings. The molecule has 3 aromatic rings. The van der Waals surface area contributed by atoms with Gasteiger partial charge in [0.25, 0.3) is 10.0 Å². The average molecular weight is 649 g/mol. The molecule has 0 aromatic heterocycles. The highest BCUT2D eigenvalue weighted by molar-refractivity contribution is 7.92. The van der Waals surface area contributed by atoms with E-state index in [2.05, 4.69) is 5.32 Å². The van der Waals surface area contributed by atoms with Crippen molar-refractivity contribution in [2.75, 3.05) is 18.0 Å². The molecule has 0 saturated heterocycles. The number of aryl methyl sites for hydroxylation is 2. The lowest BCUT2D eigenvalue weighted by molar-refractivity contribution is -0.140. The summed E-state index contributed by atoms with van der Waals surface area (Å²) in [5, 5.41) is 3.60. The van der Waals surface area contributed by atoms with E-state index in [1.807, 2.05) is 27.7 Å². The van der Waals surface area contributed by atoms with E-state index in [1.165, 1.54) is 24.1 Å². The van der Waals surface area contributed by atoms with E-state index in [9.17, 15) is 18.0 Å². The first-order chi connectivity index (χ1) is 20.3. The van der Waals surface area contributed by atoms with Crippen molar-refractivity contribution in [3.05, 3.63) is 87.4 Å². The lowest BCUT2D eigenvalue weighted by Crippen LogP contribution is -2.53. The van der Waals surface area contributed by atoms with E-state index in [1.54, 1.807) is 55.5 Å². The fourth-order valence-corrected chi connectivity index (χ4v) is 6.49. The first-order valence-electron chi connectivity index (χ1n) is 14.1. The van der Waals surface area contributed by atoms with Gasteiger partial charge >= 0.3 is 0 Å². The third-order valence-electron chi connectivity index (χ3n) is 7.27. The van der Waals surface area contributed by atoms with Gasteiger partial charge < -0.3 is 15.0 Å². The quantitative estimate of drug-likeness (QED) is 0.227. The van der Waals surface area contributed by atoms with E-state index in [4.69, 9.17) is 27.9 Å². The molecule has 0 heterocycles. The predicted molar refractivity (Wildman–Crippen MR) is 172 cm³/mol. The van der Waals surface area contributed by atoms with Gasteiger partial charge in [-0.15, -0.1) is 0 Å². The van der Waals surface area contributed by atoms with E-state index < -0.39 is 28.5 Å². The molecule has 11 heteroatoms. The molecule has 0 aliphatic carbocycles. The average Bonchev–Trinajstić information content (AvgIpc) is 2.97. The van der Waals surface area contributed by atoms with Gasteiger partial charge in [0.2, 0.25) is 11.8 Å². The van der Waals surface area contributed by atoms with Crippen molar-refractivity contribution in [1.82, 2.24) is 10.2 Å². The van der Waals surface area contributed by atoms with E-state index in [0.29, 0.717) is 22.0 Å². The van der Waals surface area contributed by atoms with Crippen molar-refractivity contribution in [2.24, 2.45) is 0 Å². The lowest BCUT2D eigenvalue weighted by atomic mass is 10.1. The number of sulfonamides is 1. The summed E-state index contributed by atoms with van der Waals surface area (Å²) in [6, 6.07) is 15.4. The molecule has 0 aliphatic rings. The van der Waals surface area contributed by atoms with Crippen molar-refractivity contribution < 1.29 is 22.7 Å². The Morgan fingerprint density at radius 3 is 2.09 bits per heavy atom. The molecule has 2 atom stereocenters. The molecule has 0 unspecified atom stereocenters. The minimum atomic E-state index is -4.26. The number of ether oxygens (including phenoxy) is 1. The molecule has 8 nitrogen and oxygen atoms in total. The number of nitrogens with zero attached hydrogens (tertiary/aromatic N) is 2. The number of amides is 2. The van der Waals surface area contributed by atoms with Gasteiger partial charge in [-0.05, 0) is 75.6 Å². The number of carbonyl (C=O) groups excluding carboxylic acids is 2. The number of methoxy groups -OCH3 is 1. The summed E-state index contributed by atoms with van der Waals surface area (Å²) in [5.74, 6) is -0.688. The van der Waals surface area contributed by atoms with Crippen LogP contribution in [0.2, 0.25) is 10.0 Å². The first-order valence-corrected chi connectivity index (χ1v) is 16.3. The molecule has 0 bridgehead atoms. The maximum atomic E-state index is 14.3. The molecular weight excluding hydrogens is 609 g/mol. The molecule has 232 valence electrons. The minimum absolute atomic E-state index is 0.0108. The smallest absolute Gasteiger partial charge is 0.264 e. The van der Waals surface area contributed by atoms with Gasteiger partial charge in [0.05, 0.1) is 17.7 Å². The van der Waals surface area contributed by atoms with Crippen LogP contribution in [0.25, 0.3) is 0 Å². The monoisotopic (exact) mass is 647 g/mol. The Morgan fingerprint density at radius 2 is 1.53 bits per heavy atom. The molecule has 0 saturated carbocycles. The van der Waals surface area contributed by atoms with Gasteiger partial charge in [0, 0.05) is 28.2 Å². The second kappa shape index (κ2) is 14.9. The van der Waals surface area contributed by atoms with Crippen molar-refractivity contribution in [3.8, 4) is 5.75 Å². The highest BCUT2D eigenvalue weighted by Gasteiger charge is 2.35. The van der Waals surface area contributed by atoms with Crippen molar-refractivity contribution in [1.29, 1.82) is 0 Å². The molecular formula is C32H39Cl2N3O5S. The van der Waals surface area contributed by atoms with Crippen LogP contribution >= 0.6 is 23.2 Å². The van der Waals surface area contributed by atoms with Crippen LogP contribution in [0.5, 0.6) is 5.75 Å². The second-order valence-electron chi connectivity index (χ2n) is 10.5. The fraction of sp³-hybridized carbons (Fsp3) is 0.375. The van der Waals surface area contributed by atoms with Gasteiger partial charge in [0.15, 0.2) is 0 Å². The summed E-state index contributed by atoms with van der Waals surface area (Å²) in [4.78, 5) is 29.2. The number of carbonyl (C=O) groups is 2. The normalized spacial score (nSPS) is 12.7. The summed E-state index contributed by atoms with van der Waals surface area (Å²) in [6.07, 6.45) is 0.969. The van der Waals surface area contributed by atoms with Crippen LogP contribution in [0.4, 0.5) is 5.69 Å². The number of halogens is 2. The van der Waals surface area contributed by atoms with Crippen LogP contribution in [-0.4, -0.2) is 50.9 Å². The standard InChI is InChI=1S/C32H39Cl2N3O5S/c1-7-23(5)35-32(39)28(8-2)36(19-25-26(33)10-9-11-27(25)34)31(38)20-37(29-18-22(4)14-17-30(29)42-6)43(40,41)24-15-12-21(3)13-16-24/h9-18,23,28H,7-8,19-20H2,1-6H3,(H,35,39)/t23-,28-/m0/s1. The number of hydrogen-bond donors (Lipinski definition) is 1. The maximum Gasteiger partial charge on any atom is 0.264 e. The summed E-state index contributed by atoms with van der Waals surface area (Å²) in [6.45, 7) is 8.58.